The molecule has 3 aromatic rings. The average Bonchev–Trinajstić information content (AvgIpc) is 2.92. The Hall–Kier alpha value is -2.54. The van der Waals surface area contributed by atoms with Crippen LogP contribution in [0.4, 0.5) is 11.4 Å². The number of nitrogens with two attached hydrogens (primary N) is 1. The van der Waals surface area contributed by atoms with Gasteiger partial charge in [-0.05, 0) is 43.2 Å². The van der Waals surface area contributed by atoms with Crippen LogP contribution in [0.3, 0.4) is 0 Å². The van der Waals surface area contributed by atoms with Gasteiger partial charge in [-0.15, -0.1) is 10.2 Å². The summed E-state index contributed by atoms with van der Waals surface area (Å²) in [5.41, 5.74) is 10.2. The molecule has 3 rings (SSSR count). The van der Waals surface area contributed by atoms with E-state index in [4.69, 9.17) is 5.73 Å². The first-order valence-corrected chi connectivity index (χ1v) is 8.12. The Labute approximate surface area is 138 Å². The molecular formula is C16H17N5OS. The minimum atomic E-state index is -0.0793. The molecule has 118 valence electrons. The van der Waals surface area contributed by atoms with Crippen LogP contribution in [0.25, 0.3) is 5.65 Å². The van der Waals surface area contributed by atoms with Crippen molar-refractivity contribution in [1.82, 2.24) is 14.6 Å². The van der Waals surface area contributed by atoms with Gasteiger partial charge in [0, 0.05) is 17.6 Å². The monoisotopic (exact) mass is 327 g/mol. The number of amides is 1. The van der Waals surface area contributed by atoms with Crippen LogP contribution in [0.1, 0.15) is 11.1 Å². The van der Waals surface area contributed by atoms with Gasteiger partial charge in [-0.25, -0.2) is 0 Å². The highest BCUT2D eigenvalue weighted by molar-refractivity contribution is 7.99. The van der Waals surface area contributed by atoms with Crippen LogP contribution in [-0.4, -0.2) is 26.3 Å². The largest absolute Gasteiger partial charge is 0.398 e. The normalized spacial score (nSPS) is 10.9. The lowest BCUT2D eigenvalue weighted by Gasteiger charge is -2.09. The van der Waals surface area contributed by atoms with Crippen LogP contribution < -0.4 is 11.1 Å². The number of nitrogen functional groups attached to an aromatic ring is 1. The number of fused-ring (bicyclic) bond motifs is 1. The van der Waals surface area contributed by atoms with E-state index >= 15 is 0 Å². The molecule has 0 aliphatic rings. The zero-order valence-corrected chi connectivity index (χ0v) is 13.7. The predicted octanol–water partition coefficient (Wildman–Crippen LogP) is 2.66. The molecule has 0 saturated carbocycles. The number of hydrogen-bond acceptors (Lipinski definition) is 5. The van der Waals surface area contributed by atoms with Crippen molar-refractivity contribution in [3.63, 3.8) is 0 Å². The molecule has 2 heterocycles. The van der Waals surface area contributed by atoms with Gasteiger partial charge in [0.25, 0.3) is 0 Å². The van der Waals surface area contributed by atoms with E-state index in [2.05, 4.69) is 15.5 Å². The Morgan fingerprint density at radius 1 is 1.26 bits per heavy atom. The number of rotatable bonds is 4. The molecule has 3 N–H and O–H groups in total. The molecule has 0 fully saturated rings. The standard InChI is InChI=1S/C16H17N5OS/c1-10-4-3-5-13(11(10)2)18-15(22)9-23-16-20-19-14-7-6-12(17)8-21(14)16/h3-8H,9,17H2,1-2H3,(H,18,22). The van der Waals surface area contributed by atoms with Gasteiger partial charge in [-0.3, -0.25) is 9.20 Å². The molecule has 6 nitrogen and oxygen atoms in total. The van der Waals surface area contributed by atoms with Crippen LogP contribution in [-0.2, 0) is 4.79 Å². The Bertz CT molecular complexity index is 874. The number of nitrogens with zero attached hydrogens (tertiary/aromatic N) is 3. The summed E-state index contributed by atoms with van der Waals surface area (Å²) in [4.78, 5) is 12.2. The number of carbonyl (C=O) groups is 1. The second kappa shape index (κ2) is 6.29. The van der Waals surface area contributed by atoms with Crippen molar-refractivity contribution < 1.29 is 4.79 Å². The Morgan fingerprint density at radius 3 is 2.91 bits per heavy atom. The van der Waals surface area contributed by atoms with Crippen LogP contribution in [0.15, 0.2) is 41.7 Å². The van der Waals surface area contributed by atoms with Crippen molar-refractivity contribution in [3.05, 3.63) is 47.7 Å². The van der Waals surface area contributed by atoms with Crippen LogP contribution in [0.2, 0.25) is 0 Å². The summed E-state index contributed by atoms with van der Waals surface area (Å²) in [6.07, 6.45) is 1.75. The topological polar surface area (TPSA) is 85.3 Å². The molecule has 0 saturated heterocycles. The molecule has 0 aliphatic heterocycles. The molecule has 23 heavy (non-hydrogen) atoms. The number of carbonyl (C=O) groups excluding carboxylic acids is 1. The van der Waals surface area contributed by atoms with Crippen molar-refractivity contribution in [3.8, 4) is 0 Å². The number of aryl methyl sites for hydroxylation is 1. The number of aromatic nitrogens is 3. The van der Waals surface area contributed by atoms with Crippen molar-refractivity contribution in [2.45, 2.75) is 19.0 Å². The van der Waals surface area contributed by atoms with E-state index in [9.17, 15) is 4.79 Å². The molecule has 7 heteroatoms. The lowest BCUT2D eigenvalue weighted by molar-refractivity contribution is -0.113. The quantitative estimate of drug-likeness (QED) is 0.720. The van der Waals surface area contributed by atoms with E-state index in [1.807, 2.05) is 32.0 Å². The number of nitrogens with one attached hydrogen (secondary N) is 1. The first-order chi connectivity index (χ1) is 11.0. The fourth-order valence-corrected chi connectivity index (χ4v) is 2.90. The first kappa shape index (κ1) is 15.4. The maximum atomic E-state index is 12.2. The molecular weight excluding hydrogens is 310 g/mol. The first-order valence-electron chi connectivity index (χ1n) is 7.14. The highest BCUT2D eigenvalue weighted by Gasteiger charge is 2.11. The van der Waals surface area contributed by atoms with Crippen molar-refractivity contribution in [1.29, 1.82) is 0 Å². The maximum Gasteiger partial charge on any atom is 0.234 e. The van der Waals surface area contributed by atoms with Gasteiger partial charge in [0.05, 0.1) is 5.75 Å². The van der Waals surface area contributed by atoms with E-state index in [0.717, 1.165) is 16.8 Å². The number of pyridine rings is 1. The molecule has 0 atom stereocenters. The molecule has 0 bridgehead atoms. The lowest BCUT2D eigenvalue weighted by atomic mass is 10.1. The van der Waals surface area contributed by atoms with Crippen molar-refractivity contribution >= 4 is 34.7 Å². The fourth-order valence-electron chi connectivity index (χ4n) is 2.19. The molecule has 2 aromatic heterocycles. The van der Waals surface area contributed by atoms with Gasteiger partial charge < -0.3 is 11.1 Å². The second-order valence-electron chi connectivity index (χ2n) is 5.26. The SMILES string of the molecule is Cc1cccc(NC(=O)CSc2nnc3ccc(N)cn23)c1C. The third-order valence-corrected chi connectivity index (χ3v) is 4.55. The van der Waals surface area contributed by atoms with Crippen LogP contribution in [0.5, 0.6) is 0 Å². The van der Waals surface area contributed by atoms with Crippen molar-refractivity contribution in [2.24, 2.45) is 0 Å². The summed E-state index contributed by atoms with van der Waals surface area (Å²) in [5, 5.41) is 11.7. The highest BCUT2D eigenvalue weighted by Crippen LogP contribution is 2.21. The predicted molar refractivity (Wildman–Crippen MR) is 92.7 cm³/mol. The van der Waals surface area contributed by atoms with Crippen LogP contribution >= 0.6 is 11.8 Å². The van der Waals surface area contributed by atoms with Gasteiger partial charge in [-0.2, -0.15) is 0 Å². The lowest BCUT2D eigenvalue weighted by Crippen LogP contribution is -2.15. The van der Waals surface area contributed by atoms with Crippen molar-refractivity contribution in [2.75, 3.05) is 16.8 Å². The molecule has 1 amide bonds. The highest BCUT2D eigenvalue weighted by atomic mass is 32.2. The zero-order valence-electron chi connectivity index (χ0n) is 12.9. The molecule has 0 radical (unpaired) electrons. The van der Waals surface area contributed by atoms with Gasteiger partial charge in [-0.1, -0.05) is 23.9 Å². The molecule has 1 aromatic carbocycles. The third kappa shape index (κ3) is 3.29. The summed E-state index contributed by atoms with van der Waals surface area (Å²) >= 11 is 1.32. The minimum Gasteiger partial charge on any atom is -0.398 e. The number of benzene rings is 1. The summed E-state index contributed by atoms with van der Waals surface area (Å²) in [7, 11) is 0. The molecule has 0 unspecified atom stereocenters. The van der Waals surface area contributed by atoms with E-state index < -0.39 is 0 Å². The summed E-state index contributed by atoms with van der Waals surface area (Å²) in [6, 6.07) is 9.42. The summed E-state index contributed by atoms with van der Waals surface area (Å²) in [5.74, 6) is 0.174. The molecule has 0 aliphatic carbocycles. The van der Waals surface area contributed by atoms with Gasteiger partial charge in [0.15, 0.2) is 10.8 Å². The number of hydrogen-bond donors (Lipinski definition) is 2. The number of thioether (sulfide) groups is 1. The Morgan fingerprint density at radius 2 is 2.09 bits per heavy atom. The zero-order chi connectivity index (χ0) is 16.4. The Balaban J connectivity index is 1.69. The van der Waals surface area contributed by atoms with Gasteiger partial charge in [0.2, 0.25) is 5.91 Å². The smallest absolute Gasteiger partial charge is 0.234 e. The van der Waals surface area contributed by atoms with Gasteiger partial charge >= 0.3 is 0 Å². The van der Waals surface area contributed by atoms with Gasteiger partial charge in [0.1, 0.15) is 0 Å². The minimum absolute atomic E-state index is 0.0793. The van der Waals surface area contributed by atoms with E-state index in [1.54, 1.807) is 22.7 Å². The third-order valence-electron chi connectivity index (χ3n) is 3.61. The van der Waals surface area contributed by atoms with Crippen LogP contribution in [0, 0.1) is 13.8 Å². The van der Waals surface area contributed by atoms with E-state index in [-0.39, 0.29) is 11.7 Å². The van der Waals surface area contributed by atoms with E-state index in [1.165, 1.54) is 11.8 Å². The number of anilines is 2. The average molecular weight is 327 g/mol. The molecule has 0 spiro atoms. The second-order valence-corrected chi connectivity index (χ2v) is 6.20. The fraction of sp³-hybridized carbons (Fsp3) is 0.188. The Kier molecular flexibility index (Phi) is 4.20. The summed E-state index contributed by atoms with van der Waals surface area (Å²) in [6.45, 7) is 4.01. The summed E-state index contributed by atoms with van der Waals surface area (Å²) < 4.78 is 1.78. The maximum absolute atomic E-state index is 12.2. The van der Waals surface area contributed by atoms with E-state index in [0.29, 0.717) is 16.5 Å².